The lowest BCUT2D eigenvalue weighted by Crippen LogP contribution is -2.29. The van der Waals surface area contributed by atoms with Crippen LogP contribution < -0.4 is 14.4 Å². The van der Waals surface area contributed by atoms with E-state index in [1.165, 1.54) is 25.2 Å². The largest absolute Gasteiger partial charge is 0.506 e. The van der Waals surface area contributed by atoms with E-state index in [0.29, 0.717) is 5.56 Å². The van der Waals surface area contributed by atoms with Gasteiger partial charge in [-0.25, -0.2) is 0 Å². The molecule has 0 saturated carbocycles. The highest BCUT2D eigenvalue weighted by atomic mass is 16.5. The van der Waals surface area contributed by atoms with Gasteiger partial charge >= 0.3 is 0 Å². The molecule has 35 heavy (non-hydrogen) atoms. The summed E-state index contributed by atoms with van der Waals surface area (Å²) in [4.78, 5) is 31.2. The van der Waals surface area contributed by atoms with Crippen LogP contribution in [-0.2, 0) is 9.59 Å². The second-order valence-electron chi connectivity index (χ2n) is 7.98. The molecule has 1 atom stereocenters. The van der Waals surface area contributed by atoms with Gasteiger partial charge in [0.25, 0.3) is 11.7 Å². The van der Waals surface area contributed by atoms with Crippen molar-refractivity contribution in [2.75, 3.05) is 19.1 Å². The van der Waals surface area contributed by atoms with Crippen LogP contribution in [0.2, 0.25) is 0 Å². The summed E-state index contributed by atoms with van der Waals surface area (Å²) in [6, 6.07) is 17.6. The Morgan fingerprint density at radius 3 is 2.26 bits per heavy atom. The third kappa shape index (κ3) is 3.38. The molecule has 2 heterocycles. The number of Topliss-reactive ketones (excluding diaryl/α,β-unsaturated/α-hetero) is 1. The molecule has 0 bridgehead atoms. The van der Waals surface area contributed by atoms with Crippen LogP contribution >= 0.6 is 0 Å². The molecule has 1 aliphatic rings. The molecule has 5 rings (SSSR count). The van der Waals surface area contributed by atoms with Crippen molar-refractivity contribution < 1.29 is 29.3 Å². The lowest BCUT2D eigenvalue weighted by Gasteiger charge is -2.25. The highest BCUT2D eigenvalue weighted by Crippen LogP contribution is 2.48. The molecular weight excluding hydrogens is 448 g/mol. The van der Waals surface area contributed by atoms with Crippen LogP contribution in [0.4, 0.5) is 5.69 Å². The number of H-pyrrole nitrogens is 1. The van der Waals surface area contributed by atoms with Crippen molar-refractivity contribution in [1.29, 1.82) is 0 Å². The van der Waals surface area contributed by atoms with Crippen LogP contribution in [-0.4, -0.2) is 41.1 Å². The minimum atomic E-state index is -1.03. The predicted molar refractivity (Wildman–Crippen MR) is 131 cm³/mol. The van der Waals surface area contributed by atoms with E-state index in [0.717, 1.165) is 10.9 Å². The Labute approximate surface area is 200 Å². The van der Waals surface area contributed by atoms with Crippen molar-refractivity contribution in [3.8, 4) is 17.2 Å². The Balaban J connectivity index is 1.85. The molecule has 1 fully saturated rings. The number of ether oxygens (including phenoxy) is 2. The molecule has 8 nitrogen and oxygen atoms in total. The van der Waals surface area contributed by atoms with Gasteiger partial charge in [-0.15, -0.1) is 0 Å². The number of fused-ring (bicyclic) bond motifs is 1. The fraction of sp³-hybridized carbons (Fsp3) is 0.111. The number of hydrogen-bond donors (Lipinski definition) is 3. The Hall–Kier alpha value is -4.72. The third-order valence-corrected chi connectivity index (χ3v) is 6.17. The molecule has 1 amide bonds. The SMILES string of the molecule is COc1cccc(OC)c1/C(O)=C1\C(=O)C(=O)N(c2ccccc2O)C1c1c[nH]c2ccccc12. The zero-order valence-electron chi connectivity index (χ0n) is 19.0. The van der Waals surface area contributed by atoms with Gasteiger partial charge in [0, 0.05) is 22.7 Å². The van der Waals surface area contributed by atoms with Crippen LogP contribution in [0.5, 0.6) is 17.2 Å². The number of hydrogen-bond acceptors (Lipinski definition) is 6. The standard InChI is InChI=1S/C27H22N2O6/c1-34-20-12-7-13-21(35-2)22(20)25(31)23-24(16-14-28-17-9-4-3-8-15(16)17)29(27(33)26(23)32)18-10-5-6-11-19(18)30/h3-14,24,28,30-31H,1-2H3/b25-23+. The number of aromatic amines is 1. The van der Waals surface area contributed by atoms with Gasteiger partial charge in [0.15, 0.2) is 0 Å². The highest BCUT2D eigenvalue weighted by Gasteiger charge is 2.49. The van der Waals surface area contributed by atoms with E-state index in [2.05, 4.69) is 4.98 Å². The first-order valence-corrected chi connectivity index (χ1v) is 10.8. The van der Waals surface area contributed by atoms with Gasteiger partial charge in [0.2, 0.25) is 0 Å². The highest BCUT2D eigenvalue weighted by molar-refractivity contribution is 6.52. The number of aromatic nitrogens is 1. The number of benzene rings is 3. The zero-order valence-corrected chi connectivity index (χ0v) is 19.0. The summed E-state index contributed by atoms with van der Waals surface area (Å²) in [7, 11) is 2.87. The molecule has 176 valence electrons. The molecule has 1 unspecified atom stereocenters. The van der Waals surface area contributed by atoms with Crippen LogP contribution in [0.1, 0.15) is 17.2 Å². The number of phenols is 1. The lowest BCUT2D eigenvalue weighted by molar-refractivity contribution is -0.132. The topological polar surface area (TPSA) is 112 Å². The number of anilines is 1. The van der Waals surface area contributed by atoms with Crippen molar-refractivity contribution in [3.63, 3.8) is 0 Å². The number of carbonyl (C=O) groups excluding carboxylic acids is 2. The fourth-order valence-corrected chi connectivity index (χ4v) is 4.58. The van der Waals surface area contributed by atoms with E-state index in [1.54, 1.807) is 42.6 Å². The molecular formula is C27H22N2O6. The van der Waals surface area contributed by atoms with Gasteiger partial charge in [-0.05, 0) is 30.3 Å². The number of methoxy groups -OCH3 is 2. The van der Waals surface area contributed by atoms with Crippen LogP contribution in [0.3, 0.4) is 0 Å². The van der Waals surface area contributed by atoms with Crippen molar-refractivity contribution in [2.24, 2.45) is 0 Å². The number of amides is 1. The quantitative estimate of drug-likeness (QED) is 0.225. The normalized spacial score (nSPS) is 17.2. The summed E-state index contributed by atoms with van der Waals surface area (Å²) < 4.78 is 10.9. The van der Waals surface area contributed by atoms with Crippen LogP contribution in [0.25, 0.3) is 16.7 Å². The van der Waals surface area contributed by atoms with E-state index in [9.17, 15) is 19.8 Å². The molecule has 4 aromatic rings. The maximum atomic E-state index is 13.5. The molecule has 1 saturated heterocycles. The van der Waals surface area contributed by atoms with E-state index < -0.39 is 23.5 Å². The van der Waals surface area contributed by atoms with Gasteiger partial charge in [0.1, 0.15) is 28.6 Å². The number of aromatic hydroxyl groups is 1. The minimum Gasteiger partial charge on any atom is -0.506 e. The number of para-hydroxylation sites is 3. The Kier molecular flexibility index (Phi) is 5.41. The number of nitrogens with zero attached hydrogens (tertiary/aromatic N) is 1. The molecule has 8 heteroatoms. The van der Waals surface area contributed by atoms with Crippen molar-refractivity contribution >= 4 is 34.0 Å². The van der Waals surface area contributed by atoms with Gasteiger partial charge in [-0.2, -0.15) is 0 Å². The summed E-state index contributed by atoms with van der Waals surface area (Å²) >= 11 is 0. The number of aliphatic hydroxyl groups excluding tert-OH is 1. The fourth-order valence-electron chi connectivity index (χ4n) is 4.58. The van der Waals surface area contributed by atoms with E-state index in [4.69, 9.17) is 9.47 Å². The summed E-state index contributed by atoms with van der Waals surface area (Å²) in [5, 5.41) is 22.9. The molecule has 1 aliphatic heterocycles. The second-order valence-corrected chi connectivity index (χ2v) is 7.98. The first-order valence-electron chi connectivity index (χ1n) is 10.8. The molecule has 0 aliphatic carbocycles. The predicted octanol–water partition coefficient (Wildman–Crippen LogP) is 4.52. The van der Waals surface area contributed by atoms with Crippen LogP contribution in [0.15, 0.2) is 78.5 Å². The maximum absolute atomic E-state index is 13.5. The number of aliphatic hydroxyl groups is 1. The summed E-state index contributed by atoms with van der Waals surface area (Å²) in [5.74, 6) is -1.84. The smallest absolute Gasteiger partial charge is 0.300 e. The Morgan fingerprint density at radius 1 is 0.914 bits per heavy atom. The van der Waals surface area contributed by atoms with E-state index >= 15 is 0 Å². The summed E-state index contributed by atoms with van der Waals surface area (Å²) in [6.07, 6.45) is 1.70. The van der Waals surface area contributed by atoms with Gasteiger partial charge < -0.3 is 24.7 Å². The molecule has 0 spiro atoms. The number of ketones is 1. The van der Waals surface area contributed by atoms with E-state index in [-0.39, 0.29) is 34.1 Å². The molecule has 1 aromatic heterocycles. The molecule has 3 N–H and O–H groups in total. The average molecular weight is 470 g/mol. The second kappa shape index (κ2) is 8.57. The first-order chi connectivity index (χ1) is 17.0. The number of nitrogens with one attached hydrogen (secondary N) is 1. The van der Waals surface area contributed by atoms with Gasteiger partial charge in [0.05, 0.1) is 31.5 Å². The van der Waals surface area contributed by atoms with Crippen molar-refractivity contribution in [1.82, 2.24) is 4.98 Å². The lowest BCUT2D eigenvalue weighted by atomic mass is 9.94. The Bertz CT molecular complexity index is 1480. The number of carbonyl (C=O) groups is 2. The maximum Gasteiger partial charge on any atom is 0.300 e. The number of rotatable bonds is 5. The van der Waals surface area contributed by atoms with E-state index in [1.807, 2.05) is 24.3 Å². The molecule has 0 radical (unpaired) electrons. The van der Waals surface area contributed by atoms with Crippen LogP contribution in [0, 0.1) is 0 Å². The number of phenolic OH excluding ortho intramolecular Hbond substituents is 1. The zero-order chi connectivity index (χ0) is 24.7. The summed E-state index contributed by atoms with van der Waals surface area (Å²) in [6.45, 7) is 0. The summed E-state index contributed by atoms with van der Waals surface area (Å²) in [5.41, 5.74) is 1.53. The van der Waals surface area contributed by atoms with Crippen molar-refractivity contribution in [3.05, 3.63) is 89.6 Å². The average Bonchev–Trinajstić information content (AvgIpc) is 3.42. The molecule has 3 aromatic carbocycles. The monoisotopic (exact) mass is 470 g/mol. The van der Waals surface area contributed by atoms with Gasteiger partial charge in [-0.3, -0.25) is 14.5 Å². The van der Waals surface area contributed by atoms with Gasteiger partial charge in [-0.1, -0.05) is 36.4 Å². The Morgan fingerprint density at radius 2 is 1.57 bits per heavy atom. The third-order valence-electron chi connectivity index (χ3n) is 6.17. The minimum absolute atomic E-state index is 0.147. The van der Waals surface area contributed by atoms with Crippen molar-refractivity contribution in [2.45, 2.75) is 6.04 Å². The first kappa shape index (κ1) is 22.1.